The van der Waals surface area contributed by atoms with Crippen LogP contribution in [-0.2, 0) is 32.9 Å². The number of benzene rings is 2. The standard InChI is InChI=1S/C22H23N3O5S2/c1-3-30-16-8-9-18-19(12-16)31-22(24(18)2)23-20(26)13-32(28,29)14-21(27)25-11-10-15-6-4-5-7-17(15)25/h4-9,12H,3,10-11,13-14H2,1-2H3. The maximum absolute atomic E-state index is 12.6. The van der Waals surface area contributed by atoms with E-state index in [1.54, 1.807) is 17.7 Å². The summed E-state index contributed by atoms with van der Waals surface area (Å²) in [4.78, 5) is 30.9. The summed E-state index contributed by atoms with van der Waals surface area (Å²) in [6, 6.07) is 13.0. The number of nitrogens with zero attached hydrogens (tertiary/aromatic N) is 3. The molecule has 2 aromatic carbocycles. The molecular formula is C22H23N3O5S2. The molecule has 1 aliphatic rings. The Balaban J connectivity index is 1.49. The highest BCUT2D eigenvalue weighted by Gasteiger charge is 2.29. The van der Waals surface area contributed by atoms with Crippen molar-refractivity contribution in [1.29, 1.82) is 0 Å². The van der Waals surface area contributed by atoms with Gasteiger partial charge in [-0.15, -0.1) is 0 Å². The Morgan fingerprint density at radius 1 is 1.16 bits per heavy atom. The molecule has 0 N–H and O–H groups in total. The zero-order valence-electron chi connectivity index (χ0n) is 17.8. The molecule has 10 heteroatoms. The van der Waals surface area contributed by atoms with Crippen LogP contribution in [0.25, 0.3) is 10.2 Å². The molecule has 1 aliphatic heterocycles. The van der Waals surface area contributed by atoms with Gasteiger partial charge in [-0.05, 0) is 43.2 Å². The average Bonchev–Trinajstić information content (AvgIpc) is 3.29. The second-order valence-electron chi connectivity index (χ2n) is 7.47. The molecule has 0 bridgehead atoms. The number of carbonyl (C=O) groups is 2. The molecule has 2 heterocycles. The van der Waals surface area contributed by atoms with Crippen LogP contribution in [0.1, 0.15) is 12.5 Å². The molecule has 168 valence electrons. The van der Waals surface area contributed by atoms with E-state index in [1.807, 2.05) is 43.3 Å². The van der Waals surface area contributed by atoms with Gasteiger partial charge in [-0.3, -0.25) is 9.59 Å². The number of aryl methyl sites for hydroxylation is 1. The fourth-order valence-corrected chi connectivity index (χ4v) is 5.86. The first-order chi connectivity index (χ1) is 15.3. The normalized spacial score (nSPS) is 14.1. The van der Waals surface area contributed by atoms with Crippen LogP contribution in [-0.4, -0.2) is 49.5 Å². The number of thiazole rings is 1. The third-order valence-electron chi connectivity index (χ3n) is 5.19. The van der Waals surface area contributed by atoms with Gasteiger partial charge >= 0.3 is 0 Å². The highest BCUT2D eigenvalue weighted by molar-refractivity contribution is 7.92. The quantitative estimate of drug-likeness (QED) is 0.546. The molecule has 0 aliphatic carbocycles. The van der Waals surface area contributed by atoms with Gasteiger partial charge in [0, 0.05) is 19.3 Å². The largest absolute Gasteiger partial charge is 0.494 e. The van der Waals surface area contributed by atoms with Gasteiger partial charge in [-0.1, -0.05) is 29.5 Å². The molecular weight excluding hydrogens is 450 g/mol. The van der Waals surface area contributed by atoms with Crippen LogP contribution in [0, 0.1) is 0 Å². The van der Waals surface area contributed by atoms with Crippen molar-refractivity contribution in [3.63, 3.8) is 0 Å². The Morgan fingerprint density at radius 2 is 1.94 bits per heavy atom. The number of amides is 2. The number of aromatic nitrogens is 1. The van der Waals surface area contributed by atoms with Crippen LogP contribution >= 0.6 is 11.3 Å². The number of para-hydroxylation sites is 1. The summed E-state index contributed by atoms with van der Waals surface area (Å²) in [7, 11) is -2.20. The van der Waals surface area contributed by atoms with Gasteiger partial charge in [0.15, 0.2) is 14.6 Å². The van der Waals surface area contributed by atoms with Crippen molar-refractivity contribution in [1.82, 2.24) is 4.57 Å². The molecule has 0 saturated carbocycles. The highest BCUT2D eigenvalue weighted by Crippen LogP contribution is 2.27. The van der Waals surface area contributed by atoms with Crippen LogP contribution in [0.15, 0.2) is 47.5 Å². The summed E-state index contributed by atoms with van der Waals surface area (Å²) < 4.78 is 33.2. The van der Waals surface area contributed by atoms with Crippen LogP contribution in [0.4, 0.5) is 5.69 Å². The molecule has 2 amide bonds. The van der Waals surface area contributed by atoms with Crippen molar-refractivity contribution in [3.8, 4) is 5.75 Å². The molecule has 0 radical (unpaired) electrons. The van der Waals surface area contributed by atoms with Gasteiger partial charge in [0.25, 0.3) is 5.91 Å². The van der Waals surface area contributed by atoms with Gasteiger partial charge in [0.2, 0.25) is 5.91 Å². The molecule has 0 atom stereocenters. The molecule has 0 saturated heterocycles. The SMILES string of the molecule is CCOc1ccc2c(c1)sc(=NC(=O)CS(=O)(=O)CC(=O)N1CCc3ccccc31)n2C. The van der Waals surface area contributed by atoms with Crippen LogP contribution in [0.2, 0.25) is 0 Å². The molecule has 3 aromatic rings. The molecule has 0 spiro atoms. The number of hydrogen-bond acceptors (Lipinski definition) is 6. The maximum atomic E-state index is 12.6. The molecule has 32 heavy (non-hydrogen) atoms. The Hall–Kier alpha value is -2.98. The maximum Gasteiger partial charge on any atom is 0.263 e. The summed E-state index contributed by atoms with van der Waals surface area (Å²) in [5, 5.41) is 0. The number of anilines is 1. The number of ether oxygens (including phenoxy) is 1. The first-order valence-corrected chi connectivity index (χ1v) is 12.8. The van der Waals surface area contributed by atoms with Gasteiger partial charge in [0.1, 0.15) is 17.3 Å². The number of sulfone groups is 1. The molecule has 8 nitrogen and oxygen atoms in total. The first kappa shape index (κ1) is 22.2. The Bertz CT molecular complexity index is 1370. The third-order valence-corrected chi connectivity index (χ3v) is 7.66. The monoisotopic (exact) mass is 473 g/mol. The minimum atomic E-state index is -3.96. The van der Waals surface area contributed by atoms with Gasteiger partial charge < -0.3 is 14.2 Å². The minimum absolute atomic E-state index is 0.383. The lowest BCUT2D eigenvalue weighted by Gasteiger charge is -2.17. The summed E-state index contributed by atoms with van der Waals surface area (Å²) in [6.07, 6.45) is 0.684. The fourth-order valence-electron chi connectivity index (χ4n) is 3.72. The van der Waals surface area contributed by atoms with Crippen molar-refractivity contribution in [3.05, 3.63) is 52.8 Å². The number of hydrogen-bond donors (Lipinski definition) is 0. The summed E-state index contributed by atoms with van der Waals surface area (Å²) in [5.74, 6) is -2.15. The Labute approximate surface area is 189 Å². The number of rotatable bonds is 6. The van der Waals surface area contributed by atoms with Crippen LogP contribution in [0.5, 0.6) is 5.75 Å². The van der Waals surface area contributed by atoms with E-state index in [0.29, 0.717) is 30.1 Å². The molecule has 1 aromatic heterocycles. The van der Waals surface area contributed by atoms with E-state index in [4.69, 9.17) is 4.74 Å². The highest BCUT2D eigenvalue weighted by atomic mass is 32.2. The second-order valence-corrected chi connectivity index (χ2v) is 10.5. The smallest absolute Gasteiger partial charge is 0.263 e. The molecule has 4 rings (SSSR count). The predicted molar refractivity (Wildman–Crippen MR) is 124 cm³/mol. The average molecular weight is 474 g/mol. The second kappa shape index (κ2) is 8.87. The van der Waals surface area contributed by atoms with Gasteiger partial charge in [-0.25, -0.2) is 8.42 Å². The molecule has 0 fully saturated rings. The zero-order valence-corrected chi connectivity index (χ0v) is 19.4. The predicted octanol–water partition coefficient (Wildman–Crippen LogP) is 2.07. The lowest BCUT2D eigenvalue weighted by molar-refractivity contribution is -0.116. The van der Waals surface area contributed by atoms with Crippen molar-refractivity contribution in [2.75, 3.05) is 29.6 Å². The van der Waals surface area contributed by atoms with E-state index in [9.17, 15) is 18.0 Å². The van der Waals surface area contributed by atoms with E-state index in [2.05, 4.69) is 4.99 Å². The minimum Gasteiger partial charge on any atom is -0.494 e. The fraction of sp³-hybridized carbons (Fsp3) is 0.318. The Morgan fingerprint density at radius 3 is 2.72 bits per heavy atom. The lowest BCUT2D eigenvalue weighted by Crippen LogP contribution is -2.36. The van der Waals surface area contributed by atoms with Crippen molar-refractivity contribution in [2.45, 2.75) is 13.3 Å². The van der Waals surface area contributed by atoms with Crippen molar-refractivity contribution < 1.29 is 22.7 Å². The van der Waals surface area contributed by atoms with Crippen LogP contribution < -0.4 is 14.4 Å². The third kappa shape index (κ3) is 4.61. The Kier molecular flexibility index (Phi) is 6.16. The van der Waals surface area contributed by atoms with Crippen molar-refractivity contribution >= 4 is 48.9 Å². The van der Waals surface area contributed by atoms with E-state index in [-0.39, 0.29) is 0 Å². The molecule has 0 unspecified atom stereocenters. The lowest BCUT2D eigenvalue weighted by atomic mass is 10.2. The van der Waals surface area contributed by atoms with E-state index in [0.717, 1.165) is 21.5 Å². The van der Waals surface area contributed by atoms with E-state index < -0.39 is 33.2 Å². The van der Waals surface area contributed by atoms with Gasteiger partial charge in [-0.2, -0.15) is 4.99 Å². The van der Waals surface area contributed by atoms with Crippen LogP contribution in [0.3, 0.4) is 0 Å². The summed E-state index contributed by atoms with van der Waals surface area (Å²) in [5.41, 5.74) is 2.59. The van der Waals surface area contributed by atoms with E-state index in [1.165, 1.54) is 16.2 Å². The summed E-state index contributed by atoms with van der Waals surface area (Å²) in [6.45, 7) is 2.87. The number of fused-ring (bicyclic) bond motifs is 2. The van der Waals surface area contributed by atoms with Gasteiger partial charge in [0.05, 0.1) is 16.8 Å². The zero-order chi connectivity index (χ0) is 22.9. The summed E-state index contributed by atoms with van der Waals surface area (Å²) >= 11 is 1.27. The number of carbonyl (C=O) groups excluding carboxylic acids is 2. The van der Waals surface area contributed by atoms with E-state index >= 15 is 0 Å². The topological polar surface area (TPSA) is 98.0 Å². The first-order valence-electron chi connectivity index (χ1n) is 10.2. The van der Waals surface area contributed by atoms with Crippen molar-refractivity contribution in [2.24, 2.45) is 12.0 Å².